The zero-order chi connectivity index (χ0) is 28.8. The first-order chi connectivity index (χ1) is 19.2. The first-order valence-electron chi connectivity index (χ1n) is 12.4. The van der Waals surface area contributed by atoms with E-state index in [1.165, 1.54) is 24.3 Å². The molecule has 0 bridgehead atoms. The second kappa shape index (κ2) is 12.5. The highest BCUT2D eigenvalue weighted by molar-refractivity contribution is 8.18. The number of thioether (sulfide) groups is 1. The molecule has 3 aromatic rings. The first kappa shape index (κ1) is 28.4. The topological polar surface area (TPSA) is 128 Å². The molecule has 1 N–H and O–H groups in total. The van der Waals surface area contributed by atoms with E-state index in [9.17, 15) is 24.5 Å². The standard InChI is InChI=1S/C29H27N3O7S/c1-4-38-25-14-21(10-13-24(25)39-17-27(33)30-23-7-5-6-18(2)19(23)3)15-26-28(34)31(29(35)40-26)16-20-8-11-22(12-9-20)32(36)37/h5-15H,4,16-17H2,1-3H3,(H,30,33)/b26-15-. The second-order valence-corrected chi connectivity index (χ2v) is 9.91. The summed E-state index contributed by atoms with van der Waals surface area (Å²) in [4.78, 5) is 49.7. The van der Waals surface area contributed by atoms with Crippen LogP contribution in [0.4, 0.5) is 16.2 Å². The number of imide groups is 1. The van der Waals surface area contributed by atoms with Crippen LogP contribution >= 0.6 is 11.8 Å². The van der Waals surface area contributed by atoms with Gasteiger partial charge in [-0.2, -0.15) is 0 Å². The van der Waals surface area contributed by atoms with Gasteiger partial charge in [0, 0.05) is 17.8 Å². The van der Waals surface area contributed by atoms with Crippen molar-refractivity contribution in [1.82, 2.24) is 4.90 Å². The molecule has 1 aliphatic heterocycles. The summed E-state index contributed by atoms with van der Waals surface area (Å²) in [5.41, 5.74) is 3.89. The minimum absolute atomic E-state index is 0.00110. The van der Waals surface area contributed by atoms with E-state index in [1.54, 1.807) is 24.3 Å². The molecule has 1 heterocycles. The van der Waals surface area contributed by atoms with E-state index in [0.29, 0.717) is 29.2 Å². The third-order valence-electron chi connectivity index (χ3n) is 6.16. The molecule has 0 aliphatic carbocycles. The maximum atomic E-state index is 13.0. The van der Waals surface area contributed by atoms with Crippen LogP contribution in [-0.2, 0) is 16.1 Å². The van der Waals surface area contributed by atoms with E-state index in [2.05, 4.69) is 5.32 Å². The van der Waals surface area contributed by atoms with E-state index in [1.807, 2.05) is 39.0 Å². The lowest BCUT2D eigenvalue weighted by Gasteiger charge is -2.14. The number of anilines is 1. The van der Waals surface area contributed by atoms with Gasteiger partial charge in [-0.3, -0.25) is 29.4 Å². The number of amides is 3. The third-order valence-corrected chi connectivity index (χ3v) is 7.07. The number of aryl methyl sites for hydroxylation is 1. The molecule has 0 unspecified atom stereocenters. The number of nitro groups is 1. The van der Waals surface area contributed by atoms with Crippen molar-refractivity contribution in [3.63, 3.8) is 0 Å². The van der Waals surface area contributed by atoms with E-state index in [0.717, 1.165) is 33.5 Å². The third kappa shape index (κ3) is 6.67. The molecule has 10 nitrogen and oxygen atoms in total. The highest BCUT2D eigenvalue weighted by Crippen LogP contribution is 2.35. The Balaban J connectivity index is 1.44. The lowest BCUT2D eigenvalue weighted by molar-refractivity contribution is -0.384. The van der Waals surface area contributed by atoms with E-state index in [4.69, 9.17) is 9.47 Å². The van der Waals surface area contributed by atoms with Crippen molar-refractivity contribution in [2.24, 2.45) is 0 Å². The molecule has 1 saturated heterocycles. The minimum atomic E-state index is -0.513. The molecule has 206 valence electrons. The summed E-state index contributed by atoms with van der Waals surface area (Å²) in [6.07, 6.45) is 1.58. The number of hydrogen-bond acceptors (Lipinski definition) is 8. The lowest BCUT2D eigenvalue weighted by atomic mass is 10.1. The van der Waals surface area contributed by atoms with Gasteiger partial charge in [-0.1, -0.05) is 30.3 Å². The zero-order valence-electron chi connectivity index (χ0n) is 22.1. The van der Waals surface area contributed by atoms with Crippen molar-refractivity contribution < 1.29 is 28.8 Å². The molecular formula is C29H27N3O7S. The van der Waals surface area contributed by atoms with Crippen molar-refractivity contribution in [3.8, 4) is 11.5 Å². The largest absolute Gasteiger partial charge is 0.490 e. The number of nitrogens with zero attached hydrogens (tertiary/aromatic N) is 2. The fraction of sp³-hybridized carbons (Fsp3) is 0.207. The molecule has 0 radical (unpaired) electrons. The fourth-order valence-electron chi connectivity index (χ4n) is 3.91. The molecule has 1 aliphatic rings. The van der Waals surface area contributed by atoms with Crippen molar-refractivity contribution in [1.29, 1.82) is 0 Å². The molecule has 0 atom stereocenters. The van der Waals surface area contributed by atoms with Crippen LogP contribution in [0, 0.1) is 24.0 Å². The Kier molecular flexibility index (Phi) is 8.85. The van der Waals surface area contributed by atoms with Crippen molar-refractivity contribution in [2.45, 2.75) is 27.3 Å². The molecule has 3 amide bonds. The van der Waals surface area contributed by atoms with Crippen molar-refractivity contribution in [3.05, 3.63) is 97.9 Å². The van der Waals surface area contributed by atoms with Gasteiger partial charge in [0.1, 0.15) is 0 Å². The SMILES string of the molecule is CCOc1cc(/C=C2\SC(=O)N(Cc3ccc([N+](=O)[O-])cc3)C2=O)ccc1OCC(=O)Nc1cccc(C)c1C. The van der Waals surface area contributed by atoms with Gasteiger partial charge in [0.05, 0.1) is 23.0 Å². The number of carbonyl (C=O) groups excluding carboxylic acids is 3. The van der Waals surface area contributed by atoms with Gasteiger partial charge in [-0.05, 0) is 79.1 Å². The molecule has 0 aromatic heterocycles. The van der Waals surface area contributed by atoms with Gasteiger partial charge in [-0.15, -0.1) is 0 Å². The monoisotopic (exact) mass is 561 g/mol. The summed E-state index contributed by atoms with van der Waals surface area (Å²) in [6.45, 7) is 5.84. The molecule has 40 heavy (non-hydrogen) atoms. The summed E-state index contributed by atoms with van der Waals surface area (Å²) in [7, 11) is 0. The van der Waals surface area contributed by atoms with Crippen LogP contribution in [0.5, 0.6) is 11.5 Å². The van der Waals surface area contributed by atoms with Crippen LogP contribution < -0.4 is 14.8 Å². The molecule has 4 rings (SSSR count). The highest BCUT2D eigenvalue weighted by Gasteiger charge is 2.35. The van der Waals surface area contributed by atoms with Gasteiger partial charge < -0.3 is 14.8 Å². The summed E-state index contributed by atoms with van der Waals surface area (Å²) < 4.78 is 11.4. The Hall–Kier alpha value is -4.64. The van der Waals surface area contributed by atoms with Gasteiger partial charge in [0.2, 0.25) is 0 Å². The number of carbonyl (C=O) groups is 3. The van der Waals surface area contributed by atoms with Crippen LogP contribution in [0.2, 0.25) is 0 Å². The maximum absolute atomic E-state index is 13.0. The average molecular weight is 562 g/mol. The van der Waals surface area contributed by atoms with Gasteiger partial charge in [0.15, 0.2) is 18.1 Å². The predicted molar refractivity (Wildman–Crippen MR) is 152 cm³/mol. The number of hydrogen-bond donors (Lipinski definition) is 1. The Morgan fingerprint density at radius 1 is 1.05 bits per heavy atom. The highest BCUT2D eigenvalue weighted by atomic mass is 32.2. The zero-order valence-corrected chi connectivity index (χ0v) is 22.9. The predicted octanol–water partition coefficient (Wildman–Crippen LogP) is 5.86. The molecule has 1 fully saturated rings. The number of benzene rings is 3. The Morgan fingerprint density at radius 2 is 1.80 bits per heavy atom. The molecule has 11 heteroatoms. The quantitative estimate of drug-likeness (QED) is 0.185. The van der Waals surface area contributed by atoms with E-state index in [-0.39, 0.29) is 29.7 Å². The summed E-state index contributed by atoms with van der Waals surface area (Å²) >= 11 is 0.810. The van der Waals surface area contributed by atoms with Gasteiger partial charge in [0.25, 0.3) is 22.7 Å². The van der Waals surface area contributed by atoms with Crippen molar-refractivity contribution in [2.75, 3.05) is 18.5 Å². The molecular weight excluding hydrogens is 534 g/mol. The van der Waals surface area contributed by atoms with E-state index >= 15 is 0 Å². The van der Waals surface area contributed by atoms with Gasteiger partial charge >= 0.3 is 0 Å². The minimum Gasteiger partial charge on any atom is -0.490 e. The first-order valence-corrected chi connectivity index (χ1v) is 13.2. The fourth-order valence-corrected chi connectivity index (χ4v) is 4.75. The second-order valence-electron chi connectivity index (χ2n) is 8.91. The Labute approximate surface area is 235 Å². The van der Waals surface area contributed by atoms with Crippen molar-refractivity contribution >= 4 is 46.3 Å². The molecule has 0 spiro atoms. The number of nitro benzene ring substituents is 1. The summed E-state index contributed by atoms with van der Waals surface area (Å²) in [6, 6.07) is 16.4. The normalized spacial score (nSPS) is 14.0. The maximum Gasteiger partial charge on any atom is 0.293 e. The Morgan fingerprint density at radius 3 is 2.50 bits per heavy atom. The van der Waals surface area contributed by atoms with Crippen LogP contribution in [0.25, 0.3) is 6.08 Å². The van der Waals surface area contributed by atoms with Crippen LogP contribution in [0.3, 0.4) is 0 Å². The molecule has 3 aromatic carbocycles. The summed E-state index contributed by atoms with van der Waals surface area (Å²) in [5, 5.41) is 13.3. The number of nitrogens with one attached hydrogen (secondary N) is 1. The van der Waals surface area contributed by atoms with Crippen LogP contribution in [0.1, 0.15) is 29.2 Å². The Bertz CT molecular complexity index is 1500. The number of ether oxygens (including phenoxy) is 2. The lowest BCUT2D eigenvalue weighted by Crippen LogP contribution is -2.27. The molecule has 0 saturated carbocycles. The van der Waals surface area contributed by atoms with Crippen LogP contribution in [-0.4, -0.2) is 40.1 Å². The average Bonchev–Trinajstić information content (AvgIpc) is 3.18. The number of non-ortho nitro benzene ring substituents is 1. The summed E-state index contributed by atoms with van der Waals surface area (Å²) in [5.74, 6) is -0.0287. The van der Waals surface area contributed by atoms with Crippen LogP contribution in [0.15, 0.2) is 65.6 Å². The van der Waals surface area contributed by atoms with E-state index < -0.39 is 16.1 Å². The smallest absolute Gasteiger partial charge is 0.293 e. The van der Waals surface area contributed by atoms with Gasteiger partial charge in [-0.25, -0.2) is 0 Å². The number of rotatable bonds is 10.